The Morgan fingerprint density at radius 3 is 2.89 bits per heavy atom. The van der Waals surface area contributed by atoms with Crippen molar-refractivity contribution in [3.63, 3.8) is 0 Å². The molecule has 0 amide bonds. The molecule has 5 heteroatoms. The van der Waals surface area contributed by atoms with Crippen molar-refractivity contribution < 1.29 is 4.74 Å². The Morgan fingerprint density at radius 1 is 1.47 bits per heavy atom. The van der Waals surface area contributed by atoms with Crippen LogP contribution in [0.25, 0.3) is 0 Å². The fraction of sp³-hybridized carbons (Fsp3) is 0.714. The first-order chi connectivity index (χ1) is 9.29. The largest absolute Gasteiger partial charge is 0.383 e. The number of rotatable bonds is 7. The maximum atomic E-state index is 5.04. The Labute approximate surface area is 128 Å². The molecule has 3 nitrogen and oxygen atoms in total. The van der Waals surface area contributed by atoms with Gasteiger partial charge in [-0.05, 0) is 65.8 Å². The zero-order valence-electron chi connectivity index (χ0n) is 11.5. The van der Waals surface area contributed by atoms with Crippen molar-refractivity contribution >= 4 is 27.3 Å². The van der Waals surface area contributed by atoms with Crippen LogP contribution in [0.2, 0.25) is 0 Å². The van der Waals surface area contributed by atoms with E-state index in [1.165, 1.54) is 35.3 Å². The Morgan fingerprint density at radius 2 is 2.26 bits per heavy atom. The van der Waals surface area contributed by atoms with Crippen molar-refractivity contribution in [3.8, 4) is 0 Å². The van der Waals surface area contributed by atoms with Crippen LogP contribution in [-0.4, -0.2) is 44.8 Å². The van der Waals surface area contributed by atoms with Crippen molar-refractivity contribution in [2.24, 2.45) is 5.92 Å². The summed E-state index contributed by atoms with van der Waals surface area (Å²) in [6, 6.07) is 2.15. The molecule has 1 fully saturated rings. The number of nitrogens with zero attached hydrogens (tertiary/aromatic N) is 1. The van der Waals surface area contributed by atoms with E-state index in [1.54, 1.807) is 7.11 Å². The van der Waals surface area contributed by atoms with Crippen LogP contribution in [-0.2, 0) is 11.3 Å². The van der Waals surface area contributed by atoms with Crippen molar-refractivity contribution in [2.75, 3.05) is 39.9 Å². The first-order valence-corrected chi connectivity index (χ1v) is 8.60. The Kier molecular flexibility index (Phi) is 6.81. The number of thiophene rings is 1. The summed E-state index contributed by atoms with van der Waals surface area (Å²) in [7, 11) is 1.75. The van der Waals surface area contributed by atoms with E-state index >= 15 is 0 Å². The van der Waals surface area contributed by atoms with Gasteiger partial charge < -0.3 is 10.1 Å². The summed E-state index contributed by atoms with van der Waals surface area (Å²) in [6.07, 6.45) is 2.62. The molecule has 0 radical (unpaired) electrons. The molecular weight excluding hydrogens is 324 g/mol. The summed E-state index contributed by atoms with van der Waals surface area (Å²) in [4.78, 5) is 4.03. The van der Waals surface area contributed by atoms with Gasteiger partial charge in [0.25, 0.3) is 0 Å². The van der Waals surface area contributed by atoms with Gasteiger partial charge in [0.15, 0.2) is 0 Å². The maximum absolute atomic E-state index is 5.04. The van der Waals surface area contributed by atoms with Gasteiger partial charge in [0, 0.05) is 29.5 Å². The van der Waals surface area contributed by atoms with E-state index in [2.05, 4.69) is 37.6 Å². The first kappa shape index (κ1) is 15.4. The Hall–Kier alpha value is 0.0600. The molecule has 0 unspecified atom stereocenters. The zero-order valence-corrected chi connectivity index (χ0v) is 13.9. The number of hydrogen-bond acceptors (Lipinski definition) is 4. The standard InChI is InChI=1S/C14H23BrN2OS/c1-18-8-5-16-10-12-2-6-17(7-3-12)11-14-13(15)4-9-19-14/h4,9,12,16H,2-3,5-8,10-11H2,1H3. The van der Waals surface area contributed by atoms with Crippen LogP contribution in [0.5, 0.6) is 0 Å². The summed E-state index contributed by atoms with van der Waals surface area (Å²) in [6.45, 7) is 6.47. The second-order valence-electron chi connectivity index (χ2n) is 5.11. The van der Waals surface area contributed by atoms with E-state index in [1.807, 2.05) is 11.3 Å². The fourth-order valence-electron chi connectivity index (χ4n) is 2.47. The summed E-state index contributed by atoms with van der Waals surface area (Å²) in [5.41, 5.74) is 0. The van der Waals surface area contributed by atoms with Gasteiger partial charge in [-0.25, -0.2) is 0 Å². The van der Waals surface area contributed by atoms with Crippen LogP contribution in [0.4, 0.5) is 0 Å². The van der Waals surface area contributed by atoms with E-state index in [-0.39, 0.29) is 0 Å². The van der Waals surface area contributed by atoms with E-state index in [0.717, 1.165) is 32.2 Å². The molecule has 1 saturated heterocycles. The summed E-state index contributed by atoms with van der Waals surface area (Å²) >= 11 is 5.46. The van der Waals surface area contributed by atoms with Crippen LogP contribution in [0, 0.1) is 5.92 Å². The number of piperidine rings is 1. The van der Waals surface area contributed by atoms with E-state index < -0.39 is 0 Å². The fourth-order valence-corrected chi connectivity index (χ4v) is 3.99. The van der Waals surface area contributed by atoms with Gasteiger partial charge in [-0.3, -0.25) is 4.90 Å². The van der Waals surface area contributed by atoms with Gasteiger partial charge in [-0.15, -0.1) is 11.3 Å². The van der Waals surface area contributed by atoms with Crippen LogP contribution >= 0.6 is 27.3 Å². The number of likely N-dealkylation sites (tertiary alicyclic amines) is 1. The third-order valence-electron chi connectivity index (χ3n) is 3.68. The van der Waals surface area contributed by atoms with Gasteiger partial charge in [0.2, 0.25) is 0 Å². The smallest absolute Gasteiger partial charge is 0.0587 e. The van der Waals surface area contributed by atoms with Crippen LogP contribution in [0.3, 0.4) is 0 Å². The predicted octanol–water partition coefficient (Wildman–Crippen LogP) is 2.96. The molecule has 2 heterocycles. The molecule has 0 aromatic carbocycles. The van der Waals surface area contributed by atoms with E-state index in [9.17, 15) is 0 Å². The van der Waals surface area contributed by atoms with Crippen molar-refractivity contribution in [2.45, 2.75) is 19.4 Å². The lowest BCUT2D eigenvalue weighted by Crippen LogP contribution is -2.37. The van der Waals surface area contributed by atoms with Crippen LogP contribution in [0.15, 0.2) is 15.9 Å². The number of methoxy groups -OCH3 is 1. The van der Waals surface area contributed by atoms with Crippen molar-refractivity contribution in [3.05, 3.63) is 20.8 Å². The van der Waals surface area contributed by atoms with Gasteiger partial charge in [0.1, 0.15) is 0 Å². The Balaban J connectivity index is 1.64. The normalized spacial score (nSPS) is 18.0. The lowest BCUT2D eigenvalue weighted by molar-refractivity contribution is 0.169. The third-order valence-corrected chi connectivity index (χ3v) is 5.59. The first-order valence-electron chi connectivity index (χ1n) is 6.93. The van der Waals surface area contributed by atoms with Crippen molar-refractivity contribution in [1.82, 2.24) is 10.2 Å². The predicted molar refractivity (Wildman–Crippen MR) is 84.8 cm³/mol. The number of halogens is 1. The molecule has 108 valence electrons. The number of nitrogens with one attached hydrogen (secondary N) is 1. The maximum Gasteiger partial charge on any atom is 0.0587 e. The molecule has 1 aromatic rings. The molecule has 0 atom stereocenters. The highest BCUT2D eigenvalue weighted by molar-refractivity contribution is 9.10. The highest BCUT2D eigenvalue weighted by Crippen LogP contribution is 2.26. The van der Waals surface area contributed by atoms with Gasteiger partial charge in [-0.1, -0.05) is 0 Å². The van der Waals surface area contributed by atoms with Gasteiger partial charge >= 0.3 is 0 Å². The van der Waals surface area contributed by atoms with Crippen LogP contribution < -0.4 is 5.32 Å². The molecule has 0 aliphatic carbocycles. The van der Waals surface area contributed by atoms with E-state index in [0.29, 0.717) is 0 Å². The summed E-state index contributed by atoms with van der Waals surface area (Å²) in [5, 5.41) is 5.64. The molecule has 2 rings (SSSR count). The molecule has 1 aliphatic rings. The molecular formula is C14H23BrN2OS. The minimum absolute atomic E-state index is 0.811. The van der Waals surface area contributed by atoms with E-state index in [4.69, 9.17) is 4.74 Å². The zero-order chi connectivity index (χ0) is 13.5. The number of ether oxygens (including phenoxy) is 1. The summed E-state index contributed by atoms with van der Waals surface area (Å²) in [5.74, 6) is 0.833. The Bertz CT molecular complexity index is 364. The average molecular weight is 347 g/mol. The van der Waals surface area contributed by atoms with Gasteiger partial charge in [0.05, 0.1) is 6.61 Å². The minimum atomic E-state index is 0.811. The second-order valence-corrected chi connectivity index (χ2v) is 6.96. The third kappa shape index (κ3) is 5.16. The molecule has 19 heavy (non-hydrogen) atoms. The highest BCUT2D eigenvalue weighted by atomic mass is 79.9. The lowest BCUT2D eigenvalue weighted by Gasteiger charge is -2.31. The molecule has 1 N–H and O–H groups in total. The lowest BCUT2D eigenvalue weighted by atomic mass is 9.97. The molecule has 0 bridgehead atoms. The van der Waals surface area contributed by atoms with Crippen molar-refractivity contribution in [1.29, 1.82) is 0 Å². The summed E-state index contributed by atoms with van der Waals surface area (Å²) < 4.78 is 6.31. The van der Waals surface area contributed by atoms with Gasteiger partial charge in [-0.2, -0.15) is 0 Å². The SMILES string of the molecule is COCCNCC1CCN(Cc2sccc2Br)CC1. The van der Waals surface area contributed by atoms with Crippen LogP contribution in [0.1, 0.15) is 17.7 Å². The topological polar surface area (TPSA) is 24.5 Å². The molecule has 0 saturated carbocycles. The highest BCUT2D eigenvalue weighted by Gasteiger charge is 2.19. The molecule has 0 spiro atoms. The minimum Gasteiger partial charge on any atom is -0.383 e. The number of hydrogen-bond donors (Lipinski definition) is 1. The quantitative estimate of drug-likeness (QED) is 0.768. The molecule has 1 aromatic heterocycles. The second kappa shape index (κ2) is 8.37. The monoisotopic (exact) mass is 346 g/mol. The molecule has 1 aliphatic heterocycles. The average Bonchev–Trinajstić information content (AvgIpc) is 2.82.